The lowest BCUT2D eigenvalue weighted by molar-refractivity contribution is -0.780. The van der Waals surface area contributed by atoms with Gasteiger partial charge in [-0.05, 0) is 57.7 Å². The van der Waals surface area contributed by atoms with Crippen molar-refractivity contribution >= 4 is 16.9 Å². The van der Waals surface area contributed by atoms with E-state index in [4.69, 9.17) is 4.74 Å². The van der Waals surface area contributed by atoms with Crippen LogP contribution in [-0.4, -0.2) is 6.54 Å². The zero-order chi connectivity index (χ0) is 19.6. The number of pyridine rings is 1. The zero-order valence-corrected chi connectivity index (χ0v) is 16.4. The molecular formula is C26H22N2O+2. The molecule has 3 aromatic rings. The quantitative estimate of drug-likeness (QED) is 0.369. The number of rotatable bonds is 1. The lowest BCUT2D eigenvalue weighted by atomic mass is 9.95. The topological polar surface area (TPSA) is 13.1 Å². The van der Waals surface area contributed by atoms with Crippen LogP contribution in [0.2, 0.25) is 0 Å². The molecule has 29 heavy (non-hydrogen) atoms. The highest BCUT2D eigenvalue weighted by molar-refractivity contribution is 5.95. The summed E-state index contributed by atoms with van der Waals surface area (Å²) in [5.74, 6) is 1.87. The zero-order valence-electron chi connectivity index (χ0n) is 16.4. The Labute approximate surface area is 170 Å². The maximum absolute atomic E-state index is 6.48. The van der Waals surface area contributed by atoms with E-state index in [1.807, 2.05) is 6.92 Å². The number of aromatic nitrogens is 1. The molecule has 0 bridgehead atoms. The second-order valence-electron chi connectivity index (χ2n) is 7.79. The van der Waals surface area contributed by atoms with Crippen molar-refractivity contribution in [3.8, 4) is 22.8 Å². The third-order valence-corrected chi connectivity index (χ3v) is 6.30. The highest BCUT2D eigenvalue weighted by atomic mass is 16.5. The summed E-state index contributed by atoms with van der Waals surface area (Å²) in [7, 11) is 0. The maximum atomic E-state index is 6.48. The number of benzene rings is 2. The molecule has 6 rings (SSSR count). The van der Waals surface area contributed by atoms with E-state index in [9.17, 15) is 0 Å². The predicted molar refractivity (Wildman–Crippen MR) is 117 cm³/mol. The minimum absolute atomic E-state index is 0.638. The van der Waals surface area contributed by atoms with Gasteiger partial charge in [-0.15, -0.1) is 0 Å². The summed E-state index contributed by atoms with van der Waals surface area (Å²) in [6.07, 6.45) is 9.47. The van der Waals surface area contributed by atoms with E-state index >= 15 is 0 Å². The summed E-state index contributed by atoms with van der Waals surface area (Å²) in [6, 6.07) is 19.2. The fourth-order valence-electron chi connectivity index (χ4n) is 5.14. The van der Waals surface area contributed by atoms with Gasteiger partial charge in [-0.2, -0.15) is 0 Å². The smallest absolute Gasteiger partial charge is 0.279 e. The van der Waals surface area contributed by atoms with Gasteiger partial charge in [0.05, 0.1) is 5.56 Å². The molecular weight excluding hydrogens is 356 g/mol. The van der Waals surface area contributed by atoms with Crippen molar-refractivity contribution in [3.63, 3.8) is 0 Å². The van der Waals surface area contributed by atoms with E-state index in [2.05, 4.69) is 90.3 Å². The number of ether oxygens (including phenoxy) is 1. The van der Waals surface area contributed by atoms with Crippen LogP contribution in [0, 0.1) is 0 Å². The molecule has 0 saturated carbocycles. The van der Waals surface area contributed by atoms with Crippen LogP contribution in [0.4, 0.5) is 11.4 Å². The first-order valence-electron chi connectivity index (χ1n) is 10.1. The molecule has 1 aromatic heterocycles. The molecule has 0 fully saturated rings. The Morgan fingerprint density at radius 3 is 2.52 bits per heavy atom. The number of hydrogen-bond donors (Lipinski definition) is 0. The van der Waals surface area contributed by atoms with Crippen LogP contribution in [0.5, 0.6) is 11.5 Å². The summed E-state index contributed by atoms with van der Waals surface area (Å²) in [6.45, 7) is 7.41. The molecule has 0 radical (unpaired) electrons. The lowest BCUT2D eigenvalue weighted by Gasteiger charge is -2.32. The molecule has 3 nitrogen and oxygen atoms in total. The highest BCUT2D eigenvalue weighted by Gasteiger charge is 2.61. The average molecular weight is 378 g/mol. The van der Waals surface area contributed by atoms with Crippen LogP contribution in [-0.2, 0) is 0 Å². The summed E-state index contributed by atoms with van der Waals surface area (Å²) in [4.78, 5) is 0. The summed E-state index contributed by atoms with van der Waals surface area (Å²) >= 11 is 0. The first kappa shape index (κ1) is 16.5. The molecule has 1 unspecified atom stereocenters. The molecule has 2 aromatic carbocycles. The van der Waals surface area contributed by atoms with Gasteiger partial charge in [0.15, 0.2) is 11.5 Å². The summed E-state index contributed by atoms with van der Waals surface area (Å²) in [5, 5.41) is 0. The number of para-hydroxylation sites is 2. The Morgan fingerprint density at radius 1 is 0.966 bits per heavy atom. The number of quaternary nitrogens is 1. The second-order valence-corrected chi connectivity index (χ2v) is 7.79. The Bertz CT molecular complexity index is 1270. The van der Waals surface area contributed by atoms with Gasteiger partial charge < -0.3 is 4.74 Å². The van der Waals surface area contributed by atoms with Gasteiger partial charge in [0, 0.05) is 18.6 Å². The van der Waals surface area contributed by atoms with E-state index < -0.39 is 0 Å². The van der Waals surface area contributed by atoms with Gasteiger partial charge in [0.2, 0.25) is 11.9 Å². The monoisotopic (exact) mass is 378 g/mol. The minimum atomic E-state index is 0.638. The van der Waals surface area contributed by atoms with E-state index in [1.54, 1.807) is 0 Å². The molecule has 3 aliphatic rings. The van der Waals surface area contributed by atoms with E-state index in [0.29, 0.717) is 4.59 Å². The third kappa shape index (κ3) is 1.98. The van der Waals surface area contributed by atoms with Crippen molar-refractivity contribution in [1.29, 1.82) is 0 Å². The molecule has 4 heterocycles. The fourth-order valence-corrected chi connectivity index (χ4v) is 5.14. The van der Waals surface area contributed by atoms with Crippen molar-refractivity contribution in [2.45, 2.75) is 13.3 Å². The van der Waals surface area contributed by atoms with Crippen molar-refractivity contribution in [3.05, 3.63) is 96.7 Å². The summed E-state index contributed by atoms with van der Waals surface area (Å²) in [5.41, 5.74) is 8.48. The Hall–Kier alpha value is -3.43. The van der Waals surface area contributed by atoms with Gasteiger partial charge in [-0.3, -0.25) is 0 Å². The first-order valence-corrected chi connectivity index (χ1v) is 10.1. The Kier molecular flexibility index (Phi) is 3.30. The fraction of sp³-hybridized carbons (Fsp3) is 0.115. The third-order valence-electron chi connectivity index (χ3n) is 6.30. The second kappa shape index (κ2) is 5.79. The molecule has 0 aliphatic carbocycles. The minimum Gasteiger partial charge on any atom is -0.444 e. The van der Waals surface area contributed by atoms with Crippen molar-refractivity contribution in [2.24, 2.45) is 0 Å². The van der Waals surface area contributed by atoms with Gasteiger partial charge in [0.25, 0.3) is 11.4 Å². The van der Waals surface area contributed by atoms with Crippen molar-refractivity contribution < 1.29 is 9.41 Å². The first-order chi connectivity index (χ1) is 14.3. The van der Waals surface area contributed by atoms with Crippen molar-refractivity contribution in [2.75, 3.05) is 6.54 Å². The number of hydrogen-bond acceptors (Lipinski definition) is 1. The van der Waals surface area contributed by atoms with Crippen LogP contribution in [0.1, 0.15) is 18.9 Å². The van der Waals surface area contributed by atoms with Crippen molar-refractivity contribution in [1.82, 2.24) is 4.59 Å². The molecule has 0 saturated heterocycles. The molecule has 3 heteroatoms. The molecule has 0 N–H and O–H groups in total. The highest BCUT2D eigenvalue weighted by Crippen LogP contribution is 2.60. The number of nitrogens with zero attached hydrogens (tertiary/aromatic N) is 2. The number of fused-ring (bicyclic) bond motifs is 2. The van der Waals surface area contributed by atoms with Crippen LogP contribution >= 0.6 is 0 Å². The van der Waals surface area contributed by atoms with E-state index in [0.717, 1.165) is 24.5 Å². The lowest BCUT2D eigenvalue weighted by Crippen LogP contribution is -2.67. The Balaban J connectivity index is 1.79. The van der Waals surface area contributed by atoms with Gasteiger partial charge >= 0.3 is 0 Å². The summed E-state index contributed by atoms with van der Waals surface area (Å²) < 4.78 is 9.53. The molecule has 0 amide bonds. The van der Waals surface area contributed by atoms with Gasteiger partial charge in [-0.1, -0.05) is 36.9 Å². The Morgan fingerprint density at radius 2 is 1.72 bits per heavy atom. The largest absolute Gasteiger partial charge is 0.444 e. The van der Waals surface area contributed by atoms with Crippen LogP contribution in [0.15, 0.2) is 91.2 Å². The standard InChI is InChI=1S/C26H22N2O/c1-3-4-9-19-18(2)15-17-28-25-20(19)10-7-13-23(25)29-24-14-8-11-21(26(24)28)22-12-5-6-16-27(22)28/h3-14,16H,2,15,17H2,1H3/q+2/b4-3-,19-9+. The molecule has 140 valence electrons. The normalized spacial score (nSPS) is 22.1. The number of allylic oxidation sites excluding steroid dienone is 4. The van der Waals surface area contributed by atoms with Gasteiger partial charge in [0.1, 0.15) is 12.1 Å². The van der Waals surface area contributed by atoms with Crippen LogP contribution < -0.4 is 14.0 Å². The molecule has 1 spiro atoms. The maximum Gasteiger partial charge on any atom is 0.279 e. The van der Waals surface area contributed by atoms with Crippen LogP contribution in [0.3, 0.4) is 0 Å². The van der Waals surface area contributed by atoms with Gasteiger partial charge in [-0.25, -0.2) is 0 Å². The van der Waals surface area contributed by atoms with Crippen LogP contribution in [0.25, 0.3) is 16.8 Å². The molecule has 3 aliphatic heterocycles. The molecule has 1 atom stereocenters. The van der Waals surface area contributed by atoms with E-state index in [1.165, 1.54) is 39.3 Å². The van der Waals surface area contributed by atoms with E-state index in [-0.39, 0.29) is 0 Å². The predicted octanol–water partition coefficient (Wildman–Crippen LogP) is 6.08. The average Bonchev–Trinajstić information content (AvgIpc) is 2.97. The SMILES string of the molecule is C=C1CC[N+]23c4c(cccc4/C1=C/C=C\C)Oc1cccc(c12)-c1cccc[n+]13.